The number of aryl methyl sites for hydroxylation is 1. The molecule has 0 saturated heterocycles. The van der Waals surface area contributed by atoms with Gasteiger partial charge in [0.25, 0.3) is 5.91 Å². The van der Waals surface area contributed by atoms with Gasteiger partial charge in [-0.3, -0.25) is 4.79 Å². The van der Waals surface area contributed by atoms with Crippen molar-refractivity contribution in [2.24, 2.45) is 0 Å². The minimum absolute atomic E-state index is 0.0488. The second-order valence-electron chi connectivity index (χ2n) is 7.76. The molecule has 0 saturated carbocycles. The van der Waals surface area contributed by atoms with Crippen molar-refractivity contribution in [3.05, 3.63) is 68.1 Å². The van der Waals surface area contributed by atoms with E-state index in [4.69, 9.17) is 16.7 Å². The molecule has 0 aliphatic rings. The number of carbonyl (C=O) groups excluding carboxylic acids is 1. The largest absolute Gasteiger partial charge is 0.416 e. The molecule has 12 heteroatoms. The predicted octanol–water partition coefficient (Wildman–Crippen LogP) is 5.14. The van der Waals surface area contributed by atoms with Crippen LogP contribution in [0.5, 0.6) is 0 Å². The summed E-state index contributed by atoms with van der Waals surface area (Å²) in [6.07, 6.45) is -0.678. The van der Waals surface area contributed by atoms with E-state index in [9.17, 15) is 18.0 Å². The Bertz CT molecular complexity index is 1290. The van der Waals surface area contributed by atoms with Gasteiger partial charge >= 0.3 is 6.18 Å². The number of nitrogens with one attached hydrogen (secondary N) is 2. The van der Waals surface area contributed by atoms with Gasteiger partial charge in [-0.1, -0.05) is 23.6 Å². The summed E-state index contributed by atoms with van der Waals surface area (Å²) in [5.74, 6) is 5.22. The highest BCUT2D eigenvalue weighted by atomic mass is 35.5. The van der Waals surface area contributed by atoms with Gasteiger partial charge in [-0.2, -0.15) is 13.2 Å². The second kappa shape index (κ2) is 12.3. The standard InChI is InChI=1S/C24H23ClF3N5O2S/c1-14-7-8-16(10-17(14)24(26,27)28)33-22(35)20-12-30-23(36-20)15(2)29-11-19-21(25)18(31-13-32-19)6-4-3-5-9-34/h7-8,10,12-13,15,29,34H,3,5,9,11H2,1-2H3,(H,33,35). The number of aromatic nitrogens is 3. The predicted molar refractivity (Wildman–Crippen MR) is 132 cm³/mol. The monoisotopic (exact) mass is 537 g/mol. The van der Waals surface area contributed by atoms with Crippen molar-refractivity contribution in [1.82, 2.24) is 20.3 Å². The maximum Gasteiger partial charge on any atom is 0.416 e. The molecule has 1 aromatic carbocycles. The van der Waals surface area contributed by atoms with Crippen LogP contribution in [0.4, 0.5) is 18.9 Å². The Hall–Kier alpha value is -3.04. The fourth-order valence-electron chi connectivity index (χ4n) is 3.06. The maximum absolute atomic E-state index is 13.1. The Labute approximate surface area is 215 Å². The zero-order valence-electron chi connectivity index (χ0n) is 19.4. The van der Waals surface area contributed by atoms with Crippen molar-refractivity contribution in [2.75, 3.05) is 11.9 Å². The average molecular weight is 538 g/mol. The lowest BCUT2D eigenvalue weighted by Crippen LogP contribution is -2.19. The lowest BCUT2D eigenvalue weighted by atomic mass is 10.1. The molecule has 3 aromatic rings. The number of rotatable bonds is 8. The SMILES string of the molecule is Cc1ccc(NC(=O)c2cnc(C(C)NCc3ncnc(C#CCCCO)c3Cl)s2)cc1C(F)(F)F. The van der Waals surface area contributed by atoms with Crippen LogP contribution in [-0.4, -0.2) is 32.6 Å². The third kappa shape index (κ3) is 7.24. The number of unbranched alkanes of at least 4 members (excludes halogenated alkanes) is 1. The molecule has 2 heterocycles. The van der Waals surface area contributed by atoms with E-state index in [0.717, 1.165) is 17.4 Å². The zero-order valence-corrected chi connectivity index (χ0v) is 21.0. The molecule has 3 rings (SSSR count). The van der Waals surface area contributed by atoms with Gasteiger partial charge in [0.2, 0.25) is 0 Å². The molecule has 36 heavy (non-hydrogen) atoms. The van der Waals surface area contributed by atoms with Gasteiger partial charge < -0.3 is 15.7 Å². The molecule has 2 aromatic heterocycles. The second-order valence-corrected chi connectivity index (χ2v) is 9.20. The van der Waals surface area contributed by atoms with Crippen LogP contribution in [0.2, 0.25) is 5.02 Å². The third-order valence-electron chi connectivity index (χ3n) is 5.02. The summed E-state index contributed by atoms with van der Waals surface area (Å²) in [5, 5.41) is 15.5. The lowest BCUT2D eigenvalue weighted by molar-refractivity contribution is -0.138. The van der Waals surface area contributed by atoms with Crippen LogP contribution in [0, 0.1) is 18.8 Å². The Kier molecular flexibility index (Phi) is 9.39. The van der Waals surface area contributed by atoms with E-state index >= 15 is 0 Å². The molecule has 1 amide bonds. The third-order valence-corrected chi connectivity index (χ3v) is 6.60. The van der Waals surface area contributed by atoms with E-state index in [0.29, 0.717) is 40.8 Å². The molecular formula is C24H23ClF3N5O2S. The molecule has 0 fully saturated rings. The highest BCUT2D eigenvalue weighted by Crippen LogP contribution is 2.33. The van der Waals surface area contributed by atoms with Crippen molar-refractivity contribution < 1.29 is 23.1 Å². The van der Waals surface area contributed by atoms with Crippen molar-refractivity contribution in [2.45, 2.75) is 45.5 Å². The smallest absolute Gasteiger partial charge is 0.396 e. The highest BCUT2D eigenvalue weighted by Gasteiger charge is 2.32. The van der Waals surface area contributed by atoms with E-state index in [-0.39, 0.29) is 28.8 Å². The maximum atomic E-state index is 13.1. The fraction of sp³-hybridized carbons (Fsp3) is 0.333. The zero-order chi connectivity index (χ0) is 26.3. The van der Waals surface area contributed by atoms with Crippen molar-refractivity contribution in [3.8, 4) is 11.8 Å². The van der Waals surface area contributed by atoms with Gasteiger partial charge in [0.15, 0.2) is 0 Å². The summed E-state index contributed by atoms with van der Waals surface area (Å²) in [7, 11) is 0. The van der Waals surface area contributed by atoms with Gasteiger partial charge in [-0.15, -0.1) is 11.3 Å². The molecule has 1 atom stereocenters. The Balaban J connectivity index is 1.63. The van der Waals surface area contributed by atoms with Gasteiger partial charge in [0.1, 0.15) is 21.9 Å². The summed E-state index contributed by atoms with van der Waals surface area (Å²) in [5.41, 5.74) is 0.259. The van der Waals surface area contributed by atoms with Crippen LogP contribution in [0.15, 0.2) is 30.7 Å². The summed E-state index contributed by atoms with van der Waals surface area (Å²) < 4.78 is 39.4. The number of hydrogen-bond acceptors (Lipinski definition) is 7. The molecule has 7 nitrogen and oxygen atoms in total. The number of nitrogens with zero attached hydrogens (tertiary/aromatic N) is 3. The molecule has 1 unspecified atom stereocenters. The minimum Gasteiger partial charge on any atom is -0.396 e. The first-order valence-electron chi connectivity index (χ1n) is 10.9. The molecule has 3 N–H and O–H groups in total. The summed E-state index contributed by atoms with van der Waals surface area (Å²) >= 11 is 7.49. The van der Waals surface area contributed by atoms with Gasteiger partial charge in [0, 0.05) is 25.3 Å². The van der Waals surface area contributed by atoms with Crippen molar-refractivity contribution in [1.29, 1.82) is 0 Å². The topological polar surface area (TPSA) is 100 Å². The summed E-state index contributed by atoms with van der Waals surface area (Å²) in [6, 6.07) is 3.38. The van der Waals surface area contributed by atoms with Crippen LogP contribution in [0.1, 0.15) is 63.0 Å². The first kappa shape index (κ1) is 27.5. The van der Waals surface area contributed by atoms with Crippen molar-refractivity contribution >= 4 is 34.5 Å². The number of alkyl halides is 3. The number of hydrogen-bond donors (Lipinski definition) is 3. The fourth-order valence-corrected chi connectivity index (χ4v) is 4.11. The van der Waals surface area contributed by atoms with Gasteiger partial charge in [-0.25, -0.2) is 15.0 Å². The number of thiazole rings is 1. The van der Waals surface area contributed by atoms with E-state index in [1.807, 2.05) is 6.92 Å². The minimum atomic E-state index is -4.51. The highest BCUT2D eigenvalue weighted by molar-refractivity contribution is 7.13. The van der Waals surface area contributed by atoms with Gasteiger partial charge in [0.05, 0.1) is 28.5 Å². The van der Waals surface area contributed by atoms with Crippen LogP contribution < -0.4 is 10.6 Å². The first-order valence-corrected chi connectivity index (χ1v) is 12.1. The number of benzene rings is 1. The van der Waals surface area contributed by atoms with E-state index in [1.165, 1.54) is 31.6 Å². The van der Waals surface area contributed by atoms with Crippen molar-refractivity contribution in [3.63, 3.8) is 0 Å². The molecule has 190 valence electrons. The van der Waals surface area contributed by atoms with E-state index in [1.54, 1.807) is 0 Å². The van der Waals surface area contributed by atoms with Crippen LogP contribution in [0.3, 0.4) is 0 Å². The number of anilines is 1. The quantitative estimate of drug-likeness (QED) is 0.272. The number of aliphatic hydroxyl groups excluding tert-OH is 1. The van der Waals surface area contributed by atoms with Crippen LogP contribution in [-0.2, 0) is 12.7 Å². The molecule has 0 aliphatic carbocycles. The summed E-state index contributed by atoms with van der Waals surface area (Å²) in [6.45, 7) is 3.56. The normalized spacial score (nSPS) is 12.1. The Morgan fingerprint density at radius 2 is 2.06 bits per heavy atom. The van der Waals surface area contributed by atoms with Crippen LogP contribution in [0.25, 0.3) is 0 Å². The number of amides is 1. The Morgan fingerprint density at radius 3 is 2.78 bits per heavy atom. The van der Waals surface area contributed by atoms with E-state index in [2.05, 4.69) is 37.4 Å². The number of aliphatic hydroxyl groups is 1. The molecule has 0 radical (unpaired) electrons. The number of halogens is 4. The van der Waals surface area contributed by atoms with Gasteiger partial charge in [-0.05, 0) is 43.9 Å². The molecule has 0 aliphatic heterocycles. The lowest BCUT2D eigenvalue weighted by Gasteiger charge is -2.12. The molecular weight excluding hydrogens is 515 g/mol. The Morgan fingerprint density at radius 1 is 1.28 bits per heavy atom. The molecule has 0 bridgehead atoms. The number of carbonyl (C=O) groups is 1. The van der Waals surface area contributed by atoms with Crippen LogP contribution >= 0.6 is 22.9 Å². The molecule has 0 spiro atoms. The summed E-state index contributed by atoms with van der Waals surface area (Å²) in [4.78, 5) is 25.4. The average Bonchev–Trinajstić information content (AvgIpc) is 3.33. The van der Waals surface area contributed by atoms with E-state index < -0.39 is 17.6 Å². The first-order chi connectivity index (χ1) is 17.1.